The van der Waals surface area contributed by atoms with E-state index in [1.807, 2.05) is 24.7 Å². The summed E-state index contributed by atoms with van der Waals surface area (Å²) in [6.07, 6.45) is 1.85. The summed E-state index contributed by atoms with van der Waals surface area (Å²) in [6.45, 7) is 2.66. The highest BCUT2D eigenvalue weighted by molar-refractivity contribution is 9.10. The van der Waals surface area contributed by atoms with Crippen molar-refractivity contribution < 1.29 is 4.79 Å². The van der Waals surface area contributed by atoms with Crippen LogP contribution in [0, 0.1) is 0 Å². The lowest BCUT2D eigenvalue weighted by Crippen LogP contribution is -2.31. The van der Waals surface area contributed by atoms with Crippen LogP contribution in [0.1, 0.15) is 6.92 Å². The van der Waals surface area contributed by atoms with E-state index in [4.69, 9.17) is 5.84 Å². The molecule has 0 radical (unpaired) electrons. The van der Waals surface area contributed by atoms with Crippen LogP contribution in [0.15, 0.2) is 15.8 Å². The highest BCUT2D eigenvalue weighted by Crippen LogP contribution is 2.28. The number of hydrogen-bond acceptors (Lipinski definition) is 6. The van der Waals surface area contributed by atoms with E-state index < -0.39 is 0 Å². The Hall–Kier alpha value is -1.39. The average Bonchev–Trinajstić information content (AvgIpc) is 2.98. The summed E-state index contributed by atoms with van der Waals surface area (Å²) in [4.78, 5) is 11.2. The van der Waals surface area contributed by atoms with Crippen molar-refractivity contribution in [3.05, 3.63) is 10.7 Å². The first-order valence-electron chi connectivity index (χ1n) is 5.81. The van der Waals surface area contributed by atoms with Crippen molar-refractivity contribution in [1.82, 2.24) is 30.0 Å². The molecule has 108 valence electrons. The van der Waals surface area contributed by atoms with Gasteiger partial charge in [0.15, 0.2) is 11.0 Å². The van der Waals surface area contributed by atoms with E-state index in [2.05, 4.69) is 36.7 Å². The number of thioether (sulfide) groups is 1. The van der Waals surface area contributed by atoms with Gasteiger partial charge in [0.05, 0.1) is 10.2 Å². The molecule has 8 nitrogen and oxygen atoms in total. The number of amides is 1. The van der Waals surface area contributed by atoms with Gasteiger partial charge >= 0.3 is 0 Å². The number of nitrogens with two attached hydrogens (primary N) is 1. The molecular weight excluding hydrogens is 346 g/mol. The van der Waals surface area contributed by atoms with Crippen molar-refractivity contribution in [1.29, 1.82) is 0 Å². The van der Waals surface area contributed by atoms with Crippen LogP contribution in [0.3, 0.4) is 0 Å². The minimum atomic E-state index is -0.263. The molecule has 2 heterocycles. The fourth-order valence-corrected chi connectivity index (χ4v) is 3.00. The fourth-order valence-electron chi connectivity index (χ4n) is 1.64. The Labute approximate surface area is 128 Å². The van der Waals surface area contributed by atoms with Crippen molar-refractivity contribution in [3.63, 3.8) is 0 Å². The molecule has 2 aromatic rings. The van der Waals surface area contributed by atoms with Crippen LogP contribution in [-0.2, 0) is 18.4 Å². The Kier molecular flexibility index (Phi) is 4.78. The van der Waals surface area contributed by atoms with Gasteiger partial charge in [0.25, 0.3) is 0 Å². The molecule has 0 aliphatic heterocycles. The summed E-state index contributed by atoms with van der Waals surface area (Å²) in [5.74, 6) is 5.64. The average molecular weight is 360 g/mol. The van der Waals surface area contributed by atoms with Gasteiger partial charge in [-0.3, -0.25) is 14.9 Å². The van der Waals surface area contributed by atoms with Crippen molar-refractivity contribution in [2.45, 2.75) is 18.6 Å². The molecule has 10 heteroatoms. The highest BCUT2D eigenvalue weighted by Gasteiger charge is 2.18. The Morgan fingerprint density at radius 3 is 2.85 bits per heavy atom. The summed E-state index contributed by atoms with van der Waals surface area (Å²) < 4.78 is 4.45. The quantitative estimate of drug-likeness (QED) is 0.349. The van der Waals surface area contributed by atoms with E-state index in [1.165, 1.54) is 11.8 Å². The molecule has 0 aromatic carbocycles. The molecule has 20 heavy (non-hydrogen) atoms. The van der Waals surface area contributed by atoms with E-state index >= 15 is 0 Å². The van der Waals surface area contributed by atoms with E-state index in [9.17, 15) is 4.79 Å². The Balaban J connectivity index is 2.30. The summed E-state index contributed by atoms with van der Waals surface area (Å²) >= 11 is 4.73. The predicted octanol–water partition coefficient (Wildman–Crippen LogP) is 0.543. The van der Waals surface area contributed by atoms with E-state index in [-0.39, 0.29) is 11.7 Å². The number of nitrogens with zero attached hydrogens (tertiary/aromatic N) is 5. The number of aryl methyl sites for hydroxylation is 1. The maximum absolute atomic E-state index is 11.2. The van der Waals surface area contributed by atoms with Gasteiger partial charge in [-0.15, -0.1) is 10.2 Å². The molecule has 0 saturated carbocycles. The molecule has 0 aliphatic carbocycles. The zero-order valence-corrected chi connectivity index (χ0v) is 13.4. The molecule has 1 amide bonds. The minimum Gasteiger partial charge on any atom is -0.301 e. The van der Waals surface area contributed by atoms with Crippen LogP contribution in [0.2, 0.25) is 0 Å². The Morgan fingerprint density at radius 2 is 2.30 bits per heavy atom. The monoisotopic (exact) mass is 359 g/mol. The van der Waals surface area contributed by atoms with Gasteiger partial charge in [-0.1, -0.05) is 11.8 Å². The maximum Gasteiger partial charge on any atom is 0.244 e. The van der Waals surface area contributed by atoms with Crippen molar-refractivity contribution in [2.75, 3.05) is 5.75 Å². The zero-order chi connectivity index (χ0) is 14.7. The van der Waals surface area contributed by atoms with Gasteiger partial charge in [0.1, 0.15) is 5.69 Å². The highest BCUT2D eigenvalue weighted by atomic mass is 79.9. The lowest BCUT2D eigenvalue weighted by Gasteiger charge is -2.05. The first-order chi connectivity index (χ1) is 9.56. The summed E-state index contributed by atoms with van der Waals surface area (Å²) in [5, 5.41) is 13.3. The van der Waals surface area contributed by atoms with Crippen LogP contribution in [0.5, 0.6) is 0 Å². The SMILES string of the molecule is CCn1c(SCC(=O)NN)nnc1-c1nn(C)cc1Br. The first-order valence-corrected chi connectivity index (χ1v) is 7.59. The molecule has 0 fully saturated rings. The molecule has 2 rings (SSSR count). The van der Waals surface area contributed by atoms with Gasteiger partial charge in [-0.05, 0) is 22.9 Å². The lowest BCUT2D eigenvalue weighted by molar-refractivity contribution is -0.118. The summed E-state index contributed by atoms with van der Waals surface area (Å²) in [7, 11) is 1.84. The van der Waals surface area contributed by atoms with Crippen LogP contribution < -0.4 is 11.3 Å². The predicted molar refractivity (Wildman–Crippen MR) is 78.7 cm³/mol. The number of aromatic nitrogens is 5. The number of halogens is 1. The normalized spacial score (nSPS) is 10.8. The molecule has 0 unspecified atom stereocenters. The molecule has 0 atom stereocenters. The summed E-state index contributed by atoms with van der Waals surface area (Å²) in [6, 6.07) is 0. The second-order valence-corrected chi connectivity index (χ2v) is 5.70. The van der Waals surface area contributed by atoms with E-state index in [0.717, 1.165) is 10.2 Å². The fraction of sp³-hybridized carbons (Fsp3) is 0.400. The van der Waals surface area contributed by atoms with Gasteiger partial charge in [-0.25, -0.2) is 5.84 Å². The van der Waals surface area contributed by atoms with Gasteiger partial charge in [-0.2, -0.15) is 5.10 Å². The number of rotatable bonds is 5. The van der Waals surface area contributed by atoms with Crippen LogP contribution in [0.4, 0.5) is 0 Å². The third-order valence-electron chi connectivity index (χ3n) is 2.52. The van der Waals surface area contributed by atoms with Crippen LogP contribution in [-0.4, -0.2) is 36.2 Å². The van der Waals surface area contributed by atoms with Crippen molar-refractivity contribution in [2.24, 2.45) is 12.9 Å². The second kappa shape index (κ2) is 6.37. The summed E-state index contributed by atoms with van der Waals surface area (Å²) in [5.41, 5.74) is 2.80. The van der Waals surface area contributed by atoms with Crippen molar-refractivity contribution >= 4 is 33.6 Å². The molecule has 0 bridgehead atoms. The van der Waals surface area contributed by atoms with Gasteiger partial charge < -0.3 is 4.57 Å². The molecule has 0 saturated heterocycles. The third kappa shape index (κ3) is 3.02. The molecule has 2 aromatic heterocycles. The number of carbonyl (C=O) groups is 1. The maximum atomic E-state index is 11.2. The number of hydrazine groups is 1. The Bertz CT molecular complexity index is 623. The number of carbonyl (C=O) groups excluding carboxylic acids is 1. The van der Waals surface area contributed by atoms with Crippen LogP contribution in [0.25, 0.3) is 11.5 Å². The molecule has 0 aliphatic rings. The largest absolute Gasteiger partial charge is 0.301 e. The van der Waals surface area contributed by atoms with Gasteiger partial charge in [0.2, 0.25) is 5.91 Å². The number of hydrogen-bond donors (Lipinski definition) is 2. The van der Waals surface area contributed by atoms with Gasteiger partial charge in [0, 0.05) is 19.8 Å². The second-order valence-electron chi connectivity index (χ2n) is 3.91. The minimum absolute atomic E-state index is 0.192. The number of nitrogens with one attached hydrogen (secondary N) is 1. The Morgan fingerprint density at radius 1 is 1.55 bits per heavy atom. The standard InChI is InChI=1S/C10H14BrN7OS/c1-3-18-9(8-6(11)4-17(2)16-8)14-15-10(18)20-5-7(19)13-12/h4H,3,5,12H2,1-2H3,(H,13,19). The molecule has 3 N–H and O–H groups in total. The zero-order valence-electron chi connectivity index (χ0n) is 11.0. The van der Waals surface area contributed by atoms with Crippen molar-refractivity contribution in [3.8, 4) is 11.5 Å². The van der Waals surface area contributed by atoms with E-state index in [1.54, 1.807) is 4.68 Å². The van der Waals surface area contributed by atoms with Crippen LogP contribution >= 0.6 is 27.7 Å². The third-order valence-corrected chi connectivity index (χ3v) is 4.07. The molecule has 0 spiro atoms. The molecular formula is C10H14BrN7OS. The lowest BCUT2D eigenvalue weighted by atomic mass is 10.4. The topological polar surface area (TPSA) is 104 Å². The first kappa shape index (κ1) is 15.0. The van der Waals surface area contributed by atoms with E-state index in [0.29, 0.717) is 17.5 Å². The smallest absolute Gasteiger partial charge is 0.244 e.